The number of nitrogens with one attached hydrogen (secondary N) is 2. The zero-order valence-electron chi connectivity index (χ0n) is 11.3. The molecule has 3 N–H and O–H groups in total. The van der Waals surface area contributed by atoms with E-state index in [1.807, 2.05) is 0 Å². The Hall–Kier alpha value is -2.18. The second-order valence-corrected chi connectivity index (χ2v) is 5.15. The van der Waals surface area contributed by atoms with E-state index in [0.29, 0.717) is 31.7 Å². The number of amides is 2. The van der Waals surface area contributed by atoms with Crippen molar-refractivity contribution in [3.8, 4) is 0 Å². The van der Waals surface area contributed by atoms with Gasteiger partial charge in [-0.2, -0.15) is 0 Å². The van der Waals surface area contributed by atoms with Crippen molar-refractivity contribution < 1.29 is 23.5 Å². The molecule has 114 valence electrons. The third kappa shape index (κ3) is 3.48. The van der Waals surface area contributed by atoms with Crippen molar-refractivity contribution in [1.29, 1.82) is 0 Å². The van der Waals surface area contributed by atoms with Crippen LogP contribution in [0.3, 0.4) is 0 Å². The van der Waals surface area contributed by atoms with E-state index in [4.69, 9.17) is 0 Å². The highest BCUT2D eigenvalue weighted by Crippen LogP contribution is 2.28. The van der Waals surface area contributed by atoms with Crippen LogP contribution in [-0.2, 0) is 4.79 Å². The molecule has 0 radical (unpaired) electrons. The summed E-state index contributed by atoms with van der Waals surface area (Å²) in [5, 5.41) is 14.0. The van der Waals surface area contributed by atoms with Crippen LogP contribution < -0.4 is 10.6 Å². The lowest BCUT2D eigenvalue weighted by Gasteiger charge is -2.33. The molecule has 0 unspecified atom stereocenters. The van der Waals surface area contributed by atoms with E-state index in [2.05, 4.69) is 10.6 Å². The molecule has 0 bridgehead atoms. The molecule has 0 spiro atoms. The van der Waals surface area contributed by atoms with Crippen molar-refractivity contribution in [3.05, 3.63) is 29.8 Å². The van der Waals surface area contributed by atoms with Gasteiger partial charge in [0.05, 0.1) is 5.69 Å². The van der Waals surface area contributed by atoms with Gasteiger partial charge in [0.1, 0.15) is 17.2 Å². The van der Waals surface area contributed by atoms with E-state index in [0.717, 1.165) is 18.6 Å². The number of carboxylic acid groups (broad SMARTS) is 1. The first-order valence-electron chi connectivity index (χ1n) is 6.70. The lowest BCUT2D eigenvalue weighted by atomic mass is 9.82. The molecule has 0 aliphatic heterocycles. The summed E-state index contributed by atoms with van der Waals surface area (Å²) in [6, 6.07) is 1.92. The van der Waals surface area contributed by atoms with Gasteiger partial charge in [0.2, 0.25) is 0 Å². The molecule has 2 rings (SSSR count). The van der Waals surface area contributed by atoms with E-state index in [1.54, 1.807) is 0 Å². The molecule has 7 heteroatoms. The fraction of sp³-hybridized carbons (Fsp3) is 0.429. The molecule has 0 atom stereocenters. The Morgan fingerprint density at radius 2 is 1.81 bits per heavy atom. The minimum atomic E-state index is -1.32. The molecule has 1 aromatic carbocycles. The van der Waals surface area contributed by atoms with E-state index in [-0.39, 0.29) is 5.69 Å². The molecular weight excluding hydrogens is 282 g/mol. The largest absolute Gasteiger partial charge is 0.480 e. The SMILES string of the molecule is O=C(Nc1ccc(F)cc1F)NC1(C(=O)O)CCCCC1. The van der Waals surface area contributed by atoms with Gasteiger partial charge in [0.25, 0.3) is 0 Å². The minimum Gasteiger partial charge on any atom is -0.480 e. The van der Waals surface area contributed by atoms with Crippen LogP contribution in [0, 0.1) is 11.6 Å². The molecule has 2 amide bonds. The maximum atomic E-state index is 13.4. The number of rotatable bonds is 3. The lowest BCUT2D eigenvalue weighted by molar-refractivity contribution is -0.145. The van der Waals surface area contributed by atoms with E-state index in [1.165, 1.54) is 0 Å². The first-order chi connectivity index (χ1) is 9.93. The summed E-state index contributed by atoms with van der Waals surface area (Å²) < 4.78 is 26.2. The molecule has 0 heterocycles. The van der Waals surface area contributed by atoms with Gasteiger partial charge in [-0.1, -0.05) is 19.3 Å². The molecule has 1 aliphatic rings. The highest BCUT2D eigenvalue weighted by molar-refractivity contribution is 5.94. The van der Waals surface area contributed by atoms with Gasteiger partial charge < -0.3 is 15.7 Å². The summed E-state index contributed by atoms with van der Waals surface area (Å²) in [5.74, 6) is -2.78. The van der Waals surface area contributed by atoms with Crippen LogP contribution in [0.1, 0.15) is 32.1 Å². The number of halogens is 2. The zero-order chi connectivity index (χ0) is 15.5. The number of carboxylic acids is 1. The maximum absolute atomic E-state index is 13.4. The standard InChI is InChI=1S/C14H16F2N2O3/c15-9-4-5-11(10(16)8-9)17-13(21)18-14(12(19)20)6-2-1-3-7-14/h4-5,8H,1-3,6-7H2,(H,19,20)(H2,17,18,21). The monoisotopic (exact) mass is 298 g/mol. The zero-order valence-corrected chi connectivity index (χ0v) is 11.3. The van der Waals surface area contributed by atoms with Crippen LogP contribution in [0.2, 0.25) is 0 Å². The van der Waals surface area contributed by atoms with Gasteiger partial charge in [0, 0.05) is 6.07 Å². The lowest BCUT2D eigenvalue weighted by Crippen LogP contribution is -2.56. The van der Waals surface area contributed by atoms with Gasteiger partial charge in [-0.3, -0.25) is 0 Å². The number of hydrogen-bond acceptors (Lipinski definition) is 2. The molecule has 21 heavy (non-hydrogen) atoms. The third-order valence-electron chi connectivity index (χ3n) is 3.65. The van der Waals surface area contributed by atoms with Crippen LogP contribution in [0.15, 0.2) is 18.2 Å². The van der Waals surface area contributed by atoms with E-state index in [9.17, 15) is 23.5 Å². The van der Waals surface area contributed by atoms with Gasteiger partial charge in [-0.25, -0.2) is 18.4 Å². The average Bonchev–Trinajstić information content (AvgIpc) is 2.43. The number of benzene rings is 1. The highest BCUT2D eigenvalue weighted by atomic mass is 19.1. The van der Waals surface area contributed by atoms with Crippen molar-refractivity contribution in [2.24, 2.45) is 0 Å². The normalized spacial score (nSPS) is 17.0. The molecule has 0 saturated heterocycles. The number of hydrogen-bond donors (Lipinski definition) is 3. The number of urea groups is 1. The number of carbonyl (C=O) groups excluding carboxylic acids is 1. The topological polar surface area (TPSA) is 78.4 Å². The van der Waals surface area contributed by atoms with Gasteiger partial charge in [-0.05, 0) is 25.0 Å². The smallest absolute Gasteiger partial charge is 0.329 e. The molecule has 0 aromatic heterocycles. The summed E-state index contributed by atoms with van der Waals surface area (Å²) in [6.07, 6.45) is 3.00. The quantitative estimate of drug-likeness (QED) is 0.803. The predicted molar refractivity (Wildman–Crippen MR) is 72.0 cm³/mol. The Balaban J connectivity index is 2.07. The maximum Gasteiger partial charge on any atom is 0.329 e. The Kier molecular flexibility index (Phi) is 4.40. The van der Waals surface area contributed by atoms with Crippen molar-refractivity contribution in [3.63, 3.8) is 0 Å². The van der Waals surface area contributed by atoms with E-state index < -0.39 is 29.2 Å². The molecule has 5 nitrogen and oxygen atoms in total. The molecular formula is C14H16F2N2O3. The first-order valence-corrected chi connectivity index (χ1v) is 6.70. The predicted octanol–water partition coefficient (Wildman–Crippen LogP) is 2.87. The van der Waals surface area contributed by atoms with Crippen LogP contribution in [-0.4, -0.2) is 22.6 Å². The number of aliphatic carboxylic acids is 1. The molecule has 1 fully saturated rings. The van der Waals surface area contributed by atoms with Gasteiger partial charge in [-0.15, -0.1) is 0 Å². The Morgan fingerprint density at radius 1 is 1.14 bits per heavy atom. The summed E-state index contributed by atoms with van der Waals surface area (Å²) in [7, 11) is 0. The summed E-state index contributed by atoms with van der Waals surface area (Å²) in [5.41, 5.74) is -1.52. The van der Waals surface area contributed by atoms with Gasteiger partial charge in [0.15, 0.2) is 0 Å². The van der Waals surface area contributed by atoms with Crippen molar-refractivity contribution in [2.45, 2.75) is 37.6 Å². The Labute approximate surface area is 120 Å². The fourth-order valence-corrected chi connectivity index (χ4v) is 2.51. The van der Waals surface area contributed by atoms with Crippen LogP contribution in [0.4, 0.5) is 19.3 Å². The van der Waals surface area contributed by atoms with Crippen LogP contribution in [0.5, 0.6) is 0 Å². The molecule has 1 saturated carbocycles. The van der Waals surface area contributed by atoms with Gasteiger partial charge >= 0.3 is 12.0 Å². The first kappa shape index (κ1) is 15.2. The average molecular weight is 298 g/mol. The number of carbonyl (C=O) groups is 2. The minimum absolute atomic E-state index is 0.203. The van der Waals surface area contributed by atoms with Crippen LogP contribution in [0.25, 0.3) is 0 Å². The number of anilines is 1. The second-order valence-electron chi connectivity index (χ2n) is 5.15. The molecule has 1 aromatic rings. The highest BCUT2D eigenvalue weighted by Gasteiger charge is 2.41. The Morgan fingerprint density at radius 3 is 2.38 bits per heavy atom. The summed E-state index contributed by atoms with van der Waals surface area (Å²) in [6.45, 7) is 0. The fourth-order valence-electron chi connectivity index (χ4n) is 2.51. The van der Waals surface area contributed by atoms with Crippen LogP contribution >= 0.6 is 0 Å². The van der Waals surface area contributed by atoms with Crippen molar-refractivity contribution in [2.75, 3.05) is 5.32 Å². The third-order valence-corrected chi connectivity index (χ3v) is 3.65. The summed E-state index contributed by atoms with van der Waals surface area (Å²) >= 11 is 0. The molecule has 1 aliphatic carbocycles. The van der Waals surface area contributed by atoms with Crippen molar-refractivity contribution >= 4 is 17.7 Å². The summed E-state index contributed by atoms with van der Waals surface area (Å²) in [4.78, 5) is 23.3. The van der Waals surface area contributed by atoms with Crippen molar-refractivity contribution in [1.82, 2.24) is 5.32 Å². The second kappa shape index (κ2) is 6.07. The van der Waals surface area contributed by atoms with E-state index >= 15 is 0 Å². The Bertz CT molecular complexity index is 557.